The quantitative estimate of drug-likeness (QED) is 0.166. The predicted octanol–water partition coefficient (Wildman–Crippen LogP) is 2.76. The third-order valence-corrected chi connectivity index (χ3v) is 5.83. The Kier molecular flexibility index (Phi) is 9.95. The third-order valence-electron chi connectivity index (χ3n) is 4.61. The number of hydrogen-bond donors (Lipinski definition) is 3. The van der Waals surface area contributed by atoms with Crippen molar-refractivity contribution in [2.45, 2.75) is 26.0 Å². The number of benzene rings is 1. The molecule has 0 amide bonds. The van der Waals surface area contributed by atoms with Crippen molar-refractivity contribution < 1.29 is 9.84 Å². The number of aliphatic hydroxyl groups excluding tert-OH is 1. The number of nitrogens with one attached hydrogen (secondary N) is 2. The molecule has 2 aromatic heterocycles. The fourth-order valence-corrected chi connectivity index (χ4v) is 3.85. The minimum atomic E-state index is -0.615. The van der Waals surface area contributed by atoms with Gasteiger partial charge in [0.1, 0.15) is 18.5 Å². The van der Waals surface area contributed by atoms with Crippen LogP contribution >= 0.6 is 35.3 Å². The Labute approximate surface area is 197 Å². The zero-order valence-electron chi connectivity index (χ0n) is 17.5. The zero-order chi connectivity index (χ0) is 20.6. The van der Waals surface area contributed by atoms with Gasteiger partial charge in [-0.3, -0.25) is 0 Å². The Bertz CT molecular complexity index is 925. The molecular formula is C20H29IN6O2S. The second-order valence-corrected chi connectivity index (χ2v) is 7.86. The minimum Gasteiger partial charge on any atom is -0.386 e. The summed E-state index contributed by atoms with van der Waals surface area (Å²) < 4.78 is 8.18. The van der Waals surface area contributed by atoms with Crippen molar-refractivity contribution in [3.63, 3.8) is 0 Å². The summed E-state index contributed by atoms with van der Waals surface area (Å²) in [6, 6.07) is 10.2. The minimum absolute atomic E-state index is 0. The molecule has 10 heteroatoms. The normalized spacial score (nSPS) is 12.6. The number of aryl methyl sites for hydroxylation is 1. The first-order valence-corrected chi connectivity index (χ1v) is 10.4. The molecule has 1 unspecified atom stereocenters. The smallest absolute Gasteiger partial charge is 0.191 e. The Morgan fingerprint density at radius 2 is 2.10 bits per heavy atom. The van der Waals surface area contributed by atoms with Crippen LogP contribution in [0.5, 0.6) is 0 Å². The van der Waals surface area contributed by atoms with Gasteiger partial charge in [0.05, 0.1) is 0 Å². The van der Waals surface area contributed by atoms with Crippen LogP contribution in [0.1, 0.15) is 29.1 Å². The topological polar surface area (TPSA) is 96.6 Å². The summed E-state index contributed by atoms with van der Waals surface area (Å²) in [4.78, 5) is 5.53. The van der Waals surface area contributed by atoms with E-state index in [1.165, 1.54) is 4.70 Å². The Hall–Kier alpha value is -1.76. The van der Waals surface area contributed by atoms with Crippen molar-refractivity contribution in [1.82, 2.24) is 25.4 Å². The average molecular weight is 544 g/mol. The highest BCUT2D eigenvalue weighted by molar-refractivity contribution is 14.0. The molecule has 3 N–H and O–H groups in total. The van der Waals surface area contributed by atoms with Gasteiger partial charge in [-0.2, -0.15) is 0 Å². The molecule has 0 aliphatic rings. The van der Waals surface area contributed by atoms with Gasteiger partial charge in [0.15, 0.2) is 11.8 Å². The van der Waals surface area contributed by atoms with Crippen LogP contribution in [0.2, 0.25) is 0 Å². The molecule has 0 spiro atoms. The van der Waals surface area contributed by atoms with Crippen LogP contribution in [0.15, 0.2) is 35.3 Å². The van der Waals surface area contributed by atoms with Gasteiger partial charge in [0.25, 0.3) is 0 Å². The second-order valence-electron chi connectivity index (χ2n) is 6.74. The van der Waals surface area contributed by atoms with Gasteiger partial charge in [-0.05, 0) is 30.9 Å². The number of aliphatic imine (C=N–C) groups is 1. The van der Waals surface area contributed by atoms with Crippen LogP contribution in [0.25, 0.3) is 10.1 Å². The summed E-state index contributed by atoms with van der Waals surface area (Å²) in [7, 11) is 3.61. The number of ether oxygens (including phenoxy) is 1. The van der Waals surface area contributed by atoms with Crippen molar-refractivity contribution in [3.8, 4) is 0 Å². The summed E-state index contributed by atoms with van der Waals surface area (Å²) in [5.41, 5.74) is 0. The number of methoxy groups -OCH3 is 1. The van der Waals surface area contributed by atoms with Crippen LogP contribution in [0.3, 0.4) is 0 Å². The molecule has 1 atom stereocenters. The molecular weight excluding hydrogens is 515 g/mol. The lowest BCUT2D eigenvalue weighted by Crippen LogP contribution is -2.40. The maximum absolute atomic E-state index is 10.6. The molecule has 0 saturated carbocycles. The number of thiophene rings is 1. The van der Waals surface area contributed by atoms with E-state index < -0.39 is 6.10 Å². The van der Waals surface area contributed by atoms with Crippen molar-refractivity contribution in [3.05, 3.63) is 46.9 Å². The van der Waals surface area contributed by atoms with Crippen molar-refractivity contribution in [2.24, 2.45) is 12.0 Å². The van der Waals surface area contributed by atoms with Gasteiger partial charge < -0.3 is 25.0 Å². The van der Waals surface area contributed by atoms with E-state index in [-0.39, 0.29) is 24.0 Å². The van der Waals surface area contributed by atoms with Gasteiger partial charge in [-0.15, -0.1) is 45.5 Å². The summed E-state index contributed by atoms with van der Waals surface area (Å²) >= 11 is 1.61. The first-order valence-electron chi connectivity index (χ1n) is 9.61. The maximum atomic E-state index is 10.6. The number of halogens is 1. The SMILES string of the molecule is COCCCNC(=NCc1nnc(C)n1C)NCC(O)c1cc2ccccc2s1.I. The molecule has 0 fully saturated rings. The first kappa shape index (κ1) is 24.5. The highest BCUT2D eigenvalue weighted by Crippen LogP contribution is 2.29. The van der Waals surface area contributed by atoms with Crippen LogP contribution in [-0.2, 0) is 18.3 Å². The molecule has 30 heavy (non-hydrogen) atoms. The molecule has 2 heterocycles. The fourth-order valence-electron chi connectivity index (χ4n) is 2.80. The van der Waals surface area contributed by atoms with Crippen LogP contribution in [0.4, 0.5) is 0 Å². The zero-order valence-corrected chi connectivity index (χ0v) is 20.6. The number of rotatable bonds is 9. The molecule has 3 aromatic rings. The van der Waals surface area contributed by atoms with E-state index in [4.69, 9.17) is 4.74 Å². The Morgan fingerprint density at radius 1 is 1.30 bits per heavy atom. The summed E-state index contributed by atoms with van der Waals surface area (Å²) in [6.45, 7) is 4.06. The van der Waals surface area contributed by atoms with E-state index in [2.05, 4.69) is 38.0 Å². The van der Waals surface area contributed by atoms with E-state index in [0.717, 1.165) is 34.9 Å². The number of aliphatic hydroxyl groups is 1. The molecule has 3 rings (SSSR count). The van der Waals surface area contributed by atoms with Crippen LogP contribution < -0.4 is 10.6 Å². The lowest BCUT2D eigenvalue weighted by Gasteiger charge is -2.15. The highest BCUT2D eigenvalue weighted by atomic mass is 127. The van der Waals surface area contributed by atoms with Gasteiger partial charge >= 0.3 is 0 Å². The number of fused-ring (bicyclic) bond motifs is 1. The molecule has 1 aromatic carbocycles. The molecule has 0 aliphatic heterocycles. The average Bonchev–Trinajstić information content (AvgIpc) is 3.30. The second kappa shape index (κ2) is 12.2. The summed E-state index contributed by atoms with van der Waals surface area (Å²) in [6.07, 6.45) is 0.245. The van der Waals surface area contributed by atoms with Gasteiger partial charge in [0, 0.05) is 43.4 Å². The van der Waals surface area contributed by atoms with E-state index in [1.807, 2.05) is 36.7 Å². The molecule has 0 aliphatic carbocycles. The Morgan fingerprint density at radius 3 is 2.80 bits per heavy atom. The molecule has 0 bridgehead atoms. The van der Waals surface area contributed by atoms with Crippen LogP contribution in [-0.4, -0.2) is 52.6 Å². The maximum Gasteiger partial charge on any atom is 0.191 e. The standard InChI is InChI=1S/C20H28N6O2S.HI/c1-14-24-25-19(26(14)2)13-23-20(21-9-6-10-28-3)22-12-16(27)18-11-15-7-4-5-8-17(15)29-18;/h4-5,7-8,11,16,27H,6,9-10,12-13H2,1-3H3,(H2,21,22,23);1H. The van der Waals surface area contributed by atoms with E-state index in [9.17, 15) is 5.11 Å². The van der Waals surface area contributed by atoms with Crippen molar-refractivity contribution in [1.29, 1.82) is 0 Å². The van der Waals surface area contributed by atoms with E-state index in [0.29, 0.717) is 25.7 Å². The van der Waals surface area contributed by atoms with Crippen molar-refractivity contribution >= 4 is 51.4 Å². The van der Waals surface area contributed by atoms with E-state index >= 15 is 0 Å². The predicted molar refractivity (Wildman–Crippen MR) is 132 cm³/mol. The van der Waals surface area contributed by atoms with Crippen molar-refractivity contribution in [2.75, 3.05) is 26.8 Å². The Balaban J connectivity index is 0.00000320. The third kappa shape index (κ3) is 6.62. The largest absolute Gasteiger partial charge is 0.386 e. The van der Waals surface area contributed by atoms with Gasteiger partial charge in [-0.1, -0.05) is 18.2 Å². The van der Waals surface area contributed by atoms with Crippen LogP contribution in [0, 0.1) is 6.92 Å². The highest BCUT2D eigenvalue weighted by Gasteiger charge is 2.12. The number of hydrogen-bond acceptors (Lipinski definition) is 6. The molecule has 164 valence electrons. The number of guanidine groups is 1. The van der Waals surface area contributed by atoms with E-state index in [1.54, 1.807) is 18.4 Å². The van der Waals surface area contributed by atoms with Gasteiger partial charge in [-0.25, -0.2) is 4.99 Å². The number of nitrogens with zero attached hydrogens (tertiary/aromatic N) is 4. The molecule has 8 nitrogen and oxygen atoms in total. The molecule has 0 radical (unpaired) electrons. The number of aromatic nitrogens is 3. The summed E-state index contributed by atoms with van der Waals surface area (Å²) in [5, 5.41) is 26.5. The summed E-state index contributed by atoms with van der Waals surface area (Å²) in [5.74, 6) is 2.26. The monoisotopic (exact) mass is 544 g/mol. The lowest BCUT2D eigenvalue weighted by atomic mass is 10.2. The fraction of sp³-hybridized carbons (Fsp3) is 0.450. The molecule has 0 saturated heterocycles. The lowest BCUT2D eigenvalue weighted by molar-refractivity contribution is 0.184. The first-order chi connectivity index (χ1) is 14.1. The van der Waals surface area contributed by atoms with Gasteiger partial charge in [0.2, 0.25) is 0 Å².